The number of carbonyl (C=O) groups is 1. The fourth-order valence-electron chi connectivity index (χ4n) is 1.87. The molecule has 0 unspecified atom stereocenters. The summed E-state index contributed by atoms with van der Waals surface area (Å²) in [5.41, 5.74) is 0.783. The third-order valence-electron chi connectivity index (χ3n) is 2.94. The van der Waals surface area contributed by atoms with Gasteiger partial charge in [-0.05, 0) is 37.3 Å². The van der Waals surface area contributed by atoms with Crippen molar-refractivity contribution < 1.29 is 14.3 Å². The standard InChI is InChI=1S/C15H16N2O4/c1-4-21-15(19)12-9-13(16-17(2)14(12)18)10-5-7-11(20-3)8-6-10/h5-9H,4H2,1-3H3. The van der Waals surface area contributed by atoms with Crippen molar-refractivity contribution in [3.8, 4) is 17.0 Å². The molecule has 0 aliphatic carbocycles. The van der Waals surface area contributed by atoms with Gasteiger partial charge in [0.15, 0.2) is 0 Å². The molecule has 0 aliphatic rings. The smallest absolute Gasteiger partial charge is 0.343 e. The fourth-order valence-corrected chi connectivity index (χ4v) is 1.87. The van der Waals surface area contributed by atoms with Gasteiger partial charge in [-0.2, -0.15) is 5.10 Å². The summed E-state index contributed by atoms with van der Waals surface area (Å²) >= 11 is 0. The van der Waals surface area contributed by atoms with Crippen molar-refractivity contribution in [2.45, 2.75) is 6.92 Å². The first kappa shape index (κ1) is 14.8. The molecule has 0 saturated heterocycles. The number of hydrogen-bond acceptors (Lipinski definition) is 5. The summed E-state index contributed by atoms with van der Waals surface area (Å²) in [6.07, 6.45) is 0. The highest BCUT2D eigenvalue weighted by molar-refractivity contribution is 5.90. The van der Waals surface area contributed by atoms with Crippen LogP contribution in [0.5, 0.6) is 5.75 Å². The number of hydrogen-bond donors (Lipinski definition) is 0. The van der Waals surface area contributed by atoms with Crippen molar-refractivity contribution in [2.24, 2.45) is 7.05 Å². The highest BCUT2D eigenvalue weighted by Crippen LogP contribution is 2.20. The van der Waals surface area contributed by atoms with E-state index in [0.29, 0.717) is 11.4 Å². The second kappa shape index (κ2) is 6.21. The van der Waals surface area contributed by atoms with Crippen LogP contribution in [0.15, 0.2) is 35.1 Å². The van der Waals surface area contributed by atoms with Crippen molar-refractivity contribution in [3.05, 3.63) is 46.2 Å². The normalized spacial score (nSPS) is 10.2. The molecule has 0 spiro atoms. The average molecular weight is 288 g/mol. The van der Waals surface area contributed by atoms with E-state index in [1.807, 2.05) is 0 Å². The maximum Gasteiger partial charge on any atom is 0.343 e. The molecule has 1 heterocycles. The molecule has 0 saturated carbocycles. The van der Waals surface area contributed by atoms with Crippen LogP contribution in [0.3, 0.4) is 0 Å². The van der Waals surface area contributed by atoms with E-state index in [2.05, 4.69) is 5.10 Å². The van der Waals surface area contributed by atoms with Crippen molar-refractivity contribution in [1.82, 2.24) is 9.78 Å². The first-order valence-corrected chi connectivity index (χ1v) is 6.46. The zero-order valence-corrected chi connectivity index (χ0v) is 12.1. The Morgan fingerprint density at radius 3 is 2.52 bits per heavy atom. The second-order valence-electron chi connectivity index (χ2n) is 4.32. The molecule has 0 fully saturated rings. The van der Waals surface area contributed by atoms with Gasteiger partial charge in [-0.15, -0.1) is 0 Å². The first-order valence-electron chi connectivity index (χ1n) is 6.46. The minimum Gasteiger partial charge on any atom is -0.497 e. The molecule has 2 aromatic rings. The maximum absolute atomic E-state index is 11.9. The Kier molecular flexibility index (Phi) is 4.37. The first-order chi connectivity index (χ1) is 10.1. The predicted molar refractivity (Wildman–Crippen MR) is 77.4 cm³/mol. The fraction of sp³-hybridized carbons (Fsp3) is 0.267. The third kappa shape index (κ3) is 3.10. The zero-order valence-electron chi connectivity index (χ0n) is 12.1. The van der Waals surface area contributed by atoms with E-state index in [4.69, 9.17) is 9.47 Å². The number of esters is 1. The van der Waals surface area contributed by atoms with E-state index in [1.54, 1.807) is 38.3 Å². The summed E-state index contributed by atoms with van der Waals surface area (Å²) < 4.78 is 11.1. The highest BCUT2D eigenvalue weighted by atomic mass is 16.5. The van der Waals surface area contributed by atoms with Crippen LogP contribution in [0, 0.1) is 0 Å². The molecule has 110 valence electrons. The van der Waals surface area contributed by atoms with Crippen LogP contribution >= 0.6 is 0 Å². The molecule has 0 aliphatic heterocycles. The van der Waals surface area contributed by atoms with E-state index in [1.165, 1.54) is 13.1 Å². The number of aromatic nitrogens is 2. The molecule has 0 radical (unpaired) electrons. The lowest BCUT2D eigenvalue weighted by atomic mass is 10.1. The average Bonchev–Trinajstić information content (AvgIpc) is 2.50. The van der Waals surface area contributed by atoms with E-state index in [-0.39, 0.29) is 12.2 Å². The monoisotopic (exact) mass is 288 g/mol. The van der Waals surface area contributed by atoms with Gasteiger partial charge in [0, 0.05) is 12.6 Å². The highest BCUT2D eigenvalue weighted by Gasteiger charge is 2.16. The van der Waals surface area contributed by atoms with E-state index >= 15 is 0 Å². The number of rotatable bonds is 4. The summed E-state index contributed by atoms with van der Waals surface area (Å²) in [6.45, 7) is 1.90. The molecule has 0 N–H and O–H groups in total. The minimum atomic E-state index is -0.643. The van der Waals surface area contributed by atoms with E-state index in [9.17, 15) is 9.59 Å². The van der Waals surface area contributed by atoms with Crippen molar-refractivity contribution in [3.63, 3.8) is 0 Å². The quantitative estimate of drug-likeness (QED) is 0.800. The molecular formula is C15H16N2O4. The SMILES string of the molecule is CCOC(=O)c1cc(-c2ccc(OC)cc2)nn(C)c1=O. The molecule has 21 heavy (non-hydrogen) atoms. The number of nitrogens with zero attached hydrogens (tertiary/aromatic N) is 2. The van der Waals surface area contributed by atoms with Crippen LogP contribution < -0.4 is 10.3 Å². The molecule has 0 atom stereocenters. The Hall–Kier alpha value is -2.63. The Morgan fingerprint density at radius 2 is 1.95 bits per heavy atom. The zero-order chi connectivity index (χ0) is 15.4. The molecule has 1 aromatic carbocycles. The van der Waals surface area contributed by atoms with Crippen LogP contribution in [-0.4, -0.2) is 29.5 Å². The Balaban J connectivity index is 2.49. The van der Waals surface area contributed by atoms with Gasteiger partial charge in [0.05, 0.1) is 19.4 Å². The van der Waals surface area contributed by atoms with Crippen LogP contribution in [0.2, 0.25) is 0 Å². The van der Waals surface area contributed by atoms with Gasteiger partial charge >= 0.3 is 5.97 Å². The lowest BCUT2D eigenvalue weighted by molar-refractivity contribution is 0.0523. The summed E-state index contributed by atoms with van der Waals surface area (Å²) in [4.78, 5) is 23.8. The van der Waals surface area contributed by atoms with Crippen LogP contribution in [0.4, 0.5) is 0 Å². The lowest BCUT2D eigenvalue weighted by Gasteiger charge is -2.07. The summed E-state index contributed by atoms with van der Waals surface area (Å²) in [5, 5.41) is 4.16. The molecule has 2 rings (SSSR count). The van der Waals surface area contributed by atoms with Gasteiger partial charge in [-0.25, -0.2) is 9.48 Å². The second-order valence-corrected chi connectivity index (χ2v) is 4.32. The molecule has 0 amide bonds. The third-order valence-corrected chi connectivity index (χ3v) is 2.94. The van der Waals surface area contributed by atoms with Gasteiger partial charge in [0.1, 0.15) is 11.3 Å². The van der Waals surface area contributed by atoms with Crippen LogP contribution in [0.25, 0.3) is 11.3 Å². The van der Waals surface area contributed by atoms with E-state index < -0.39 is 11.5 Å². The molecule has 0 bridgehead atoms. The van der Waals surface area contributed by atoms with Gasteiger partial charge in [-0.3, -0.25) is 4.79 Å². The number of carbonyl (C=O) groups excluding carboxylic acids is 1. The minimum absolute atomic E-state index is 0.0276. The van der Waals surface area contributed by atoms with E-state index in [0.717, 1.165) is 10.2 Å². The van der Waals surface area contributed by atoms with Gasteiger partial charge in [-0.1, -0.05) is 0 Å². The number of aryl methyl sites for hydroxylation is 1. The molecular weight excluding hydrogens is 272 g/mol. The molecule has 1 aromatic heterocycles. The van der Waals surface area contributed by atoms with Crippen LogP contribution in [0.1, 0.15) is 17.3 Å². The van der Waals surface area contributed by atoms with Crippen LogP contribution in [-0.2, 0) is 11.8 Å². The number of ether oxygens (including phenoxy) is 2. The Morgan fingerprint density at radius 1 is 1.29 bits per heavy atom. The Bertz CT molecular complexity index is 705. The topological polar surface area (TPSA) is 70.4 Å². The predicted octanol–water partition coefficient (Wildman–Crippen LogP) is 1.63. The molecule has 6 heteroatoms. The Labute approximate surface area is 121 Å². The number of benzene rings is 1. The summed E-state index contributed by atoms with van der Waals surface area (Å²) in [6, 6.07) is 8.63. The van der Waals surface area contributed by atoms with Gasteiger partial charge < -0.3 is 9.47 Å². The van der Waals surface area contributed by atoms with Crippen molar-refractivity contribution in [1.29, 1.82) is 0 Å². The van der Waals surface area contributed by atoms with Gasteiger partial charge in [0.2, 0.25) is 0 Å². The van der Waals surface area contributed by atoms with Crippen molar-refractivity contribution >= 4 is 5.97 Å². The van der Waals surface area contributed by atoms with Gasteiger partial charge in [0.25, 0.3) is 5.56 Å². The maximum atomic E-state index is 11.9. The lowest BCUT2D eigenvalue weighted by Crippen LogP contribution is -2.27. The molecule has 6 nitrogen and oxygen atoms in total. The summed E-state index contributed by atoms with van der Waals surface area (Å²) in [5.74, 6) is 0.0736. The number of methoxy groups -OCH3 is 1. The van der Waals surface area contributed by atoms with Crippen molar-refractivity contribution in [2.75, 3.05) is 13.7 Å². The largest absolute Gasteiger partial charge is 0.497 e. The summed E-state index contributed by atoms with van der Waals surface area (Å²) in [7, 11) is 3.08.